The Balaban J connectivity index is 0.652. The van der Waals surface area contributed by atoms with E-state index in [-0.39, 0.29) is 55.4 Å². The topological polar surface area (TPSA) is 253 Å². The first kappa shape index (κ1) is 58.2. The molecular formula is C59H82N11O10+. The number of benzene rings is 2. The molecule has 5 aliphatic rings. The van der Waals surface area contributed by atoms with Crippen molar-refractivity contribution >= 4 is 52.0 Å². The summed E-state index contributed by atoms with van der Waals surface area (Å²) < 4.78 is 32.0. The predicted molar refractivity (Wildman–Crippen MR) is 301 cm³/mol. The van der Waals surface area contributed by atoms with Crippen molar-refractivity contribution in [2.45, 2.75) is 124 Å². The standard InChI is InChI=1S/C59H81N11O10/c1-38(19-23-59(6)39(2)17-18-44-45(59)15-11-22-58(44,4)5)21-26-67-36-64-55-50(54(67)60)63-37-69(55)56-53(74)52(73)47(80-56)35-79-57(75)62-25-28-76-30-32-78-33-31-77-29-27-70-51-42-13-8-7-12-41(42)34-68(48(72)20-24-61-40(3)71)46-16-10-9-14-43(46)49(51)65-66-70/h7-10,12-14,16,18,21,36-37,39,45,47,52-53,56,60,65-66,73-74H,11,15,17,19-20,22-35H2,1-6H3,(H2,61,62,71,75)/p+1/b38-21+/t39-,45+,47+,52+,53+,56+,59+/m0/s1. The van der Waals surface area contributed by atoms with Crippen molar-refractivity contribution in [3.05, 3.63) is 101 Å². The number of alkyl carbamates (subject to hydrolysis) is 1. The Bertz CT molecular complexity index is 2940. The van der Waals surface area contributed by atoms with Gasteiger partial charge in [0.15, 0.2) is 11.7 Å². The van der Waals surface area contributed by atoms with Crippen molar-refractivity contribution in [2.75, 3.05) is 76.5 Å². The number of carbonyl (C=O) groups is 3. The number of anilines is 2. The molecule has 7 atom stereocenters. The third-order valence-corrected chi connectivity index (χ3v) is 17.0. The first-order valence-electron chi connectivity index (χ1n) is 28.3. The van der Waals surface area contributed by atoms with Gasteiger partial charge in [0.2, 0.25) is 23.8 Å². The molecule has 2 aliphatic carbocycles. The highest BCUT2D eigenvalue weighted by Gasteiger charge is 2.48. The zero-order valence-corrected chi connectivity index (χ0v) is 47.2. The minimum absolute atomic E-state index is 0.0895. The Kier molecular flexibility index (Phi) is 18.9. The van der Waals surface area contributed by atoms with Gasteiger partial charge >= 0.3 is 6.09 Å². The molecular weight excluding hydrogens is 1020 g/mol. The van der Waals surface area contributed by atoms with E-state index < -0.39 is 30.6 Å². The number of para-hydroxylation sites is 1. The van der Waals surface area contributed by atoms with Crippen molar-refractivity contribution < 1.29 is 52.8 Å². The number of nitrogens with two attached hydrogens (primary N) is 1. The van der Waals surface area contributed by atoms with Gasteiger partial charge < -0.3 is 60.6 Å². The lowest BCUT2D eigenvalue weighted by Crippen LogP contribution is -2.43. The molecule has 0 bridgehead atoms. The molecule has 9 rings (SSSR count). The van der Waals surface area contributed by atoms with Gasteiger partial charge in [-0.1, -0.05) is 105 Å². The first-order chi connectivity index (χ1) is 38.6. The van der Waals surface area contributed by atoms with E-state index in [1.807, 2.05) is 58.1 Å². The van der Waals surface area contributed by atoms with Crippen LogP contribution in [0.2, 0.25) is 0 Å². The zero-order valence-electron chi connectivity index (χ0n) is 47.2. The number of amides is 3. The first-order valence-corrected chi connectivity index (χ1v) is 28.3. The van der Waals surface area contributed by atoms with Gasteiger partial charge in [0.05, 0.1) is 76.4 Å². The Morgan fingerprint density at radius 3 is 2.45 bits per heavy atom. The number of carbonyl (C=O) groups excluding carboxylic acids is 3. The maximum atomic E-state index is 13.6. The summed E-state index contributed by atoms with van der Waals surface area (Å²) in [5.41, 5.74) is 23.0. The number of hydrazine groups is 2. The fraction of sp³-hybridized carbons (Fsp3) is 0.559. The summed E-state index contributed by atoms with van der Waals surface area (Å²) in [7, 11) is 0. The lowest BCUT2D eigenvalue weighted by Gasteiger charge is -2.53. The fourth-order valence-corrected chi connectivity index (χ4v) is 12.1. The number of aromatic nitrogens is 4. The second-order valence-electron chi connectivity index (χ2n) is 22.7. The summed E-state index contributed by atoms with van der Waals surface area (Å²) in [4.78, 5) is 48.6. The van der Waals surface area contributed by atoms with Crippen molar-refractivity contribution in [1.82, 2.24) is 41.1 Å². The van der Waals surface area contributed by atoms with Gasteiger partial charge in [0, 0.05) is 37.6 Å². The maximum absolute atomic E-state index is 13.6. The van der Waals surface area contributed by atoms with Crippen LogP contribution in [-0.2, 0) is 46.4 Å². The number of fused-ring (bicyclic) bond motifs is 6. The largest absolute Gasteiger partial charge is 0.447 e. The van der Waals surface area contributed by atoms with E-state index in [0.717, 1.165) is 53.0 Å². The molecule has 0 unspecified atom stereocenters. The molecule has 2 aromatic heterocycles. The molecule has 3 amide bonds. The van der Waals surface area contributed by atoms with E-state index in [0.29, 0.717) is 81.5 Å². The van der Waals surface area contributed by atoms with Gasteiger partial charge in [0.25, 0.3) is 5.82 Å². The van der Waals surface area contributed by atoms with E-state index in [4.69, 9.17) is 29.4 Å². The Labute approximate surface area is 468 Å². The zero-order chi connectivity index (χ0) is 56.6. The average Bonchev–Trinajstić information content (AvgIpc) is 4.25. The highest BCUT2D eigenvalue weighted by atomic mass is 16.6. The quantitative estimate of drug-likeness (QED) is 0.0277. The normalized spacial score (nSPS) is 24.2. The molecule has 2 aromatic carbocycles. The number of aliphatic hydroxyl groups is 2. The number of ether oxygens (including phenoxy) is 5. The van der Waals surface area contributed by atoms with Crippen LogP contribution in [-0.4, -0.2) is 132 Å². The van der Waals surface area contributed by atoms with Crippen LogP contribution in [0.4, 0.5) is 16.3 Å². The second-order valence-corrected chi connectivity index (χ2v) is 22.7. The molecule has 1 saturated heterocycles. The smallest absolute Gasteiger partial charge is 0.407 e. The number of aliphatic hydroxyl groups excluding tert-OH is 2. The van der Waals surface area contributed by atoms with Gasteiger partial charge in [-0.25, -0.2) is 14.3 Å². The predicted octanol–water partition coefficient (Wildman–Crippen LogP) is 5.45. The summed E-state index contributed by atoms with van der Waals surface area (Å²) in [6.45, 7) is 16.9. The van der Waals surface area contributed by atoms with E-state index in [1.54, 1.807) is 16.8 Å². The number of imidazole rings is 1. The SMILES string of the molecule is CC(=O)NCCC(=O)N1Cc2ccccc2C2=C(NNN2CCOCCOCCOCCNC(=O)OC[C@H]2O[C@@H](n3cnc4c(N)[n+](C/C=C(\C)CC[C@@]5(C)[C@@H]6CCCC(C)(C)C6=CC[C@@H]5C)cnc43)[C@H](O)[C@@H]2O)c2ccccc21. The third kappa shape index (κ3) is 13.0. The summed E-state index contributed by atoms with van der Waals surface area (Å²) in [5, 5.41) is 29.3. The van der Waals surface area contributed by atoms with Crippen molar-refractivity contribution in [3.63, 3.8) is 0 Å². The Hall–Kier alpha value is -6.46. The van der Waals surface area contributed by atoms with E-state index in [2.05, 4.69) is 78.3 Å². The van der Waals surface area contributed by atoms with Crippen LogP contribution in [0.15, 0.2) is 84.5 Å². The van der Waals surface area contributed by atoms with Crippen LogP contribution < -0.4 is 36.8 Å². The van der Waals surface area contributed by atoms with Crippen LogP contribution >= 0.6 is 0 Å². The molecule has 2 fully saturated rings. The van der Waals surface area contributed by atoms with Gasteiger partial charge in [-0.05, 0) is 73.3 Å². The minimum Gasteiger partial charge on any atom is -0.447 e. The molecule has 5 heterocycles. The molecule has 0 spiro atoms. The molecule has 8 N–H and O–H groups in total. The van der Waals surface area contributed by atoms with Crippen LogP contribution in [0.25, 0.3) is 22.6 Å². The summed E-state index contributed by atoms with van der Waals surface area (Å²) in [6.07, 6.45) is 9.74. The molecule has 21 nitrogen and oxygen atoms in total. The number of nitrogen functional groups attached to an aromatic ring is 1. The number of nitrogens with one attached hydrogen (secondary N) is 4. The maximum Gasteiger partial charge on any atom is 0.407 e. The van der Waals surface area contributed by atoms with Gasteiger partial charge in [-0.15, -0.1) is 5.53 Å². The second kappa shape index (κ2) is 26.0. The molecule has 80 heavy (non-hydrogen) atoms. The van der Waals surface area contributed by atoms with Crippen LogP contribution in [0, 0.1) is 22.7 Å². The molecule has 21 heteroatoms. The highest BCUT2D eigenvalue weighted by molar-refractivity contribution is 6.02. The summed E-state index contributed by atoms with van der Waals surface area (Å²) >= 11 is 0. The van der Waals surface area contributed by atoms with E-state index >= 15 is 0 Å². The van der Waals surface area contributed by atoms with Crippen LogP contribution in [0.3, 0.4) is 0 Å². The van der Waals surface area contributed by atoms with Crippen LogP contribution in [0.1, 0.15) is 109 Å². The molecule has 4 aromatic rings. The number of hydrogen-bond donors (Lipinski definition) is 7. The lowest BCUT2D eigenvalue weighted by atomic mass is 9.52. The van der Waals surface area contributed by atoms with Gasteiger partial charge in [-0.3, -0.25) is 19.2 Å². The van der Waals surface area contributed by atoms with Crippen LogP contribution in [0.5, 0.6) is 0 Å². The van der Waals surface area contributed by atoms with Gasteiger partial charge in [0.1, 0.15) is 31.2 Å². The van der Waals surface area contributed by atoms with E-state index in [1.165, 1.54) is 42.7 Å². The average molecular weight is 1110 g/mol. The minimum atomic E-state index is -1.35. The molecule has 0 radical (unpaired) electrons. The fourth-order valence-electron chi connectivity index (χ4n) is 12.1. The number of nitrogens with zero attached hydrogens (tertiary/aromatic N) is 6. The molecule has 432 valence electrons. The summed E-state index contributed by atoms with van der Waals surface area (Å²) in [6, 6.07) is 15.8. The molecule has 1 saturated carbocycles. The lowest BCUT2D eigenvalue weighted by molar-refractivity contribution is -0.674. The summed E-state index contributed by atoms with van der Waals surface area (Å²) in [5.74, 6) is 1.43. The highest BCUT2D eigenvalue weighted by Crippen LogP contribution is 2.58. The van der Waals surface area contributed by atoms with Crippen molar-refractivity contribution in [3.8, 4) is 0 Å². The monoisotopic (exact) mass is 1100 g/mol. The van der Waals surface area contributed by atoms with Crippen molar-refractivity contribution in [1.29, 1.82) is 0 Å². The van der Waals surface area contributed by atoms with E-state index in [9.17, 15) is 24.6 Å². The number of allylic oxidation sites excluding steroid dienone is 4. The van der Waals surface area contributed by atoms with Gasteiger partial charge in [-0.2, -0.15) is 0 Å². The number of rotatable bonds is 23. The molecule has 3 aliphatic heterocycles. The third-order valence-electron chi connectivity index (χ3n) is 17.0. The van der Waals surface area contributed by atoms with Crippen molar-refractivity contribution in [2.24, 2.45) is 22.7 Å². The Morgan fingerprint density at radius 1 is 0.925 bits per heavy atom. The Morgan fingerprint density at radius 2 is 1.66 bits per heavy atom. The number of hydrogen-bond acceptors (Lipinski definition) is 16.